The average Bonchev–Trinajstić information content (AvgIpc) is 2.41. The van der Waals surface area contributed by atoms with Gasteiger partial charge >= 0.3 is 0 Å². The third-order valence-electron chi connectivity index (χ3n) is 4.16. The van der Waals surface area contributed by atoms with Crippen molar-refractivity contribution in [1.29, 1.82) is 0 Å². The van der Waals surface area contributed by atoms with E-state index in [1.54, 1.807) is 7.11 Å². The summed E-state index contributed by atoms with van der Waals surface area (Å²) in [7, 11) is 1.74. The van der Waals surface area contributed by atoms with Crippen LogP contribution < -0.4 is 10.5 Å². The number of benzene rings is 1. The molecule has 2 N–H and O–H groups in total. The van der Waals surface area contributed by atoms with Gasteiger partial charge in [-0.2, -0.15) is 0 Å². The summed E-state index contributed by atoms with van der Waals surface area (Å²) in [6.45, 7) is 7.51. The molecule has 1 heterocycles. The van der Waals surface area contributed by atoms with E-state index in [1.165, 1.54) is 30.5 Å². The maximum absolute atomic E-state index is 6.04. The summed E-state index contributed by atoms with van der Waals surface area (Å²) in [5.41, 5.74) is 8.56. The number of ether oxygens (including phenoxy) is 1. The van der Waals surface area contributed by atoms with E-state index in [0.29, 0.717) is 12.0 Å². The normalized spacial score (nSPS) is 21.1. The molecule has 1 aliphatic heterocycles. The number of likely N-dealkylation sites (tertiary alicyclic amines) is 1. The molecule has 0 amide bonds. The van der Waals surface area contributed by atoms with Crippen molar-refractivity contribution < 1.29 is 4.74 Å². The van der Waals surface area contributed by atoms with Crippen LogP contribution in [0.15, 0.2) is 18.2 Å². The second-order valence-corrected chi connectivity index (χ2v) is 5.80. The number of aryl methyl sites for hydroxylation is 1. The molecular formula is C16H27ClN2O. The number of hydrogen-bond acceptors (Lipinski definition) is 3. The van der Waals surface area contributed by atoms with E-state index in [0.717, 1.165) is 18.8 Å². The highest BCUT2D eigenvalue weighted by molar-refractivity contribution is 5.85. The second kappa shape index (κ2) is 7.87. The summed E-state index contributed by atoms with van der Waals surface area (Å²) in [6, 6.07) is 6.80. The molecule has 0 spiro atoms. The highest BCUT2D eigenvalue weighted by Crippen LogP contribution is 2.23. The van der Waals surface area contributed by atoms with Gasteiger partial charge in [0.25, 0.3) is 0 Å². The van der Waals surface area contributed by atoms with Crippen LogP contribution in [0, 0.1) is 12.8 Å². The number of rotatable bonds is 4. The molecule has 1 aliphatic rings. The van der Waals surface area contributed by atoms with Crippen molar-refractivity contribution in [3.63, 3.8) is 0 Å². The highest BCUT2D eigenvalue weighted by atomic mass is 35.5. The molecule has 4 heteroatoms. The smallest absolute Gasteiger partial charge is 0.122 e. The van der Waals surface area contributed by atoms with Gasteiger partial charge in [-0.1, -0.05) is 12.1 Å². The SMILES string of the molecule is COc1cc(CN2CCCC(C(C)N)C2)ccc1C.Cl. The van der Waals surface area contributed by atoms with E-state index in [-0.39, 0.29) is 12.4 Å². The summed E-state index contributed by atoms with van der Waals surface area (Å²) in [6.07, 6.45) is 2.53. The quantitative estimate of drug-likeness (QED) is 0.929. The topological polar surface area (TPSA) is 38.5 Å². The van der Waals surface area contributed by atoms with Crippen molar-refractivity contribution in [1.82, 2.24) is 4.90 Å². The number of piperidine rings is 1. The molecule has 0 radical (unpaired) electrons. The lowest BCUT2D eigenvalue weighted by atomic mass is 9.92. The summed E-state index contributed by atoms with van der Waals surface area (Å²) in [5.74, 6) is 1.62. The molecule has 0 aliphatic carbocycles. The molecular weight excluding hydrogens is 272 g/mol. The summed E-state index contributed by atoms with van der Waals surface area (Å²) >= 11 is 0. The Kier molecular flexibility index (Phi) is 6.80. The van der Waals surface area contributed by atoms with E-state index < -0.39 is 0 Å². The van der Waals surface area contributed by atoms with E-state index >= 15 is 0 Å². The van der Waals surface area contributed by atoms with E-state index in [9.17, 15) is 0 Å². The summed E-state index contributed by atoms with van der Waals surface area (Å²) in [5, 5.41) is 0. The Bertz CT molecular complexity index is 423. The zero-order chi connectivity index (χ0) is 13.8. The molecule has 0 saturated carbocycles. The standard InChI is InChI=1S/C16H26N2O.ClH/c1-12-6-7-14(9-16(12)19-3)10-18-8-4-5-15(11-18)13(2)17;/h6-7,9,13,15H,4-5,8,10-11,17H2,1-3H3;1H. The molecule has 2 rings (SSSR count). The Balaban J connectivity index is 0.00000200. The molecule has 3 nitrogen and oxygen atoms in total. The third-order valence-corrected chi connectivity index (χ3v) is 4.16. The third kappa shape index (κ3) is 4.37. The predicted octanol–water partition coefficient (Wildman–Crippen LogP) is 2.98. The fourth-order valence-corrected chi connectivity index (χ4v) is 2.89. The fourth-order valence-electron chi connectivity index (χ4n) is 2.89. The van der Waals surface area contributed by atoms with Crippen LogP contribution in [0.25, 0.3) is 0 Å². The van der Waals surface area contributed by atoms with Crippen LogP contribution in [0.5, 0.6) is 5.75 Å². The van der Waals surface area contributed by atoms with Crippen molar-refractivity contribution in [2.24, 2.45) is 11.7 Å². The van der Waals surface area contributed by atoms with Crippen LogP contribution in [-0.2, 0) is 6.54 Å². The van der Waals surface area contributed by atoms with Gasteiger partial charge in [0.1, 0.15) is 5.75 Å². The molecule has 2 atom stereocenters. The van der Waals surface area contributed by atoms with Gasteiger partial charge in [-0.3, -0.25) is 4.90 Å². The maximum Gasteiger partial charge on any atom is 0.122 e. The van der Waals surface area contributed by atoms with Gasteiger partial charge in [0.2, 0.25) is 0 Å². The first-order valence-electron chi connectivity index (χ1n) is 7.21. The molecule has 1 fully saturated rings. The van der Waals surface area contributed by atoms with Crippen LogP contribution in [0.2, 0.25) is 0 Å². The Morgan fingerprint density at radius 2 is 2.20 bits per heavy atom. The minimum atomic E-state index is 0. The Labute approximate surface area is 128 Å². The largest absolute Gasteiger partial charge is 0.496 e. The first-order valence-corrected chi connectivity index (χ1v) is 7.21. The van der Waals surface area contributed by atoms with Crippen molar-refractivity contribution in [2.75, 3.05) is 20.2 Å². The number of nitrogens with two attached hydrogens (primary N) is 1. The van der Waals surface area contributed by atoms with Crippen molar-refractivity contribution in [2.45, 2.75) is 39.3 Å². The number of nitrogens with zero attached hydrogens (tertiary/aromatic N) is 1. The zero-order valence-corrected chi connectivity index (χ0v) is 13.6. The van der Waals surface area contributed by atoms with Crippen LogP contribution in [0.1, 0.15) is 30.9 Å². The van der Waals surface area contributed by atoms with E-state index in [4.69, 9.17) is 10.5 Å². The Hall–Kier alpha value is -0.770. The minimum Gasteiger partial charge on any atom is -0.496 e. The number of hydrogen-bond donors (Lipinski definition) is 1. The molecule has 1 saturated heterocycles. The highest BCUT2D eigenvalue weighted by Gasteiger charge is 2.22. The van der Waals surface area contributed by atoms with Crippen LogP contribution >= 0.6 is 12.4 Å². The molecule has 0 bridgehead atoms. The van der Waals surface area contributed by atoms with Gasteiger partial charge < -0.3 is 10.5 Å². The lowest BCUT2D eigenvalue weighted by Gasteiger charge is -2.34. The molecule has 114 valence electrons. The monoisotopic (exact) mass is 298 g/mol. The lowest BCUT2D eigenvalue weighted by molar-refractivity contribution is 0.154. The van der Waals surface area contributed by atoms with Gasteiger partial charge in [-0.05, 0) is 56.3 Å². The summed E-state index contributed by atoms with van der Waals surface area (Å²) in [4.78, 5) is 2.52. The van der Waals surface area contributed by atoms with Crippen molar-refractivity contribution in [3.8, 4) is 5.75 Å². The molecule has 1 aromatic carbocycles. The van der Waals surface area contributed by atoms with Gasteiger partial charge in [0, 0.05) is 19.1 Å². The molecule has 1 aromatic rings. The van der Waals surface area contributed by atoms with E-state index in [2.05, 4.69) is 36.9 Å². The summed E-state index contributed by atoms with van der Waals surface area (Å²) < 4.78 is 5.40. The first-order chi connectivity index (χ1) is 9.10. The van der Waals surface area contributed by atoms with Gasteiger partial charge in [-0.15, -0.1) is 12.4 Å². The van der Waals surface area contributed by atoms with Crippen LogP contribution in [-0.4, -0.2) is 31.1 Å². The average molecular weight is 299 g/mol. The Morgan fingerprint density at radius 3 is 2.85 bits per heavy atom. The Morgan fingerprint density at radius 1 is 1.45 bits per heavy atom. The minimum absolute atomic E-state index is 0. The zero-order valence-electron chi connectivity index (χ0n) is 12.8. The van der Waals surface area contributed by atoms with Gasteiger partial charge in [-0.25, -0.2) is 0 Å². The lowest BCUT2D eigenvalue weighted by Crippen LogP contribution is -2.41. The number of methoxy groups -OCH3 is 1. The van der Waals surface area contributed by atoms with Crippen LogP contribution in [0.3, 0.4) is 0 Å². The molecule has 2 unspecified atom stereocenters. The second-order valence-electron chi connectivity index (χ2n) is 5.80. The van der Waals surface area contributed by atoms with Crippen molar-refractivity contribution >= 4 is 12.4 Å². The fraction of sp³-hybridized carbons (Fsp3) is 0.625. The van der Waals surface area contributed by atoms with Gasteiger partial charge in [0.15, 0.2) is 0 Å². The van der Waals surface area contributed by atoms with Gasteiger partial charge in [0.05, 0.1) is 7.11 Å². The predicted molar refractivity (Wildman–Crippen MR) is 86.6 cm³/mol. The maximum atomic E-state index is 6.04. The molecule has 0 aromatic heterocycles. The first kappa shape index (κ1) is 17.3. The van der Waals surface area contributed by atoms with E-state index in [1.807, 2.05) is 0 Å². The molecule has 20 heavy (non-hydrogen) atoms. The van der Waals surface area contributed by atoms with Crippen molar-refractivity contribution in [3.05, 3.63) is 29.3 Å². The van der Waals surface area contributed by atoms with Crippen LogP contribution in [0.4, 0.5) is 0 Å². The number of halogens is 1.